The summed E-state index contributed by atoms with van der Waals surface area (Å²) < 4.78 is 7.48. The zero-order valence-electron chi connectivity index (χ0n) is 19.0. The van der Waals surface area contributed by atoms with Gasteiger partial charge in [0.25, 0.3) is 5.56 Å². The fourth-order valence-electron chi connectivity index (χ4n) is 4.13. The van der Waals surface area contributed by atoms with Crippen LogP contribution < -0.4 is 15.8 Å². The lowest BCUT2D eigenvalue weighted by molar-refractivity contribution is -0.121. The van der Waals surface area contributed by atoms with Gasteiger partial charge in [-0.15, -0.1) is 0 Å². The Kier molecular flexibility index (Phi) is 8.37. The summed E-state index contributed by atoms with van der Waals surface area (Å²) in [6.07, 6.45) is 2.80. The lowest BCUT2D eigenvalue weighted by Crippen LogP contribution is -2.36. The van der Waals surface area contributed by atoms with E-state index in [2.05, 4.69) is 15.2 Å². The van der Waals surface area contributed by atoms with Crippen LogP contribution in [-0.4, -0.2) is 41.8 Å². The van der Waals surface area contributed by atoms with Crippen molar-refractivity contribution in [1.29, 1.82) is 0 Å². The number of anilines is 1. The van der Waals surface area contributed by atoms with E-state index in [1.54, 1.807) is 4.57 Å². The predicted molar refractivity (Wildman–Crippen MR) is 138 cm³/mol. The normalized spacial score (nSPS) is 13.9. The van der Waals surface area contributed by atoms with Gasteiger partial charge >= 0.3 is 0 Å². The highest BCUT2D eigenvalue weighted by atomic mass is 35.5. The van der Waals surface area contributed by atoms with Crippen LogP contribution in [0.5, 0.6) is 0 Å². The summed E-state index contributed by atoms with van der Waals surface area (Å²) in [6.45, 7) is 4.00. The molecule has 0 unspecified atom stereocenters. The van der Waals surface area contributed by atoms with Crippen molar-refractivity contribution in [2.75, 3.05) is 31.2 Å². The van der Waals surface area contributed by atoms with E-state index in [9.17, 15) is 9.59 Å². The quantitative estimate of drug-likeness (QED) is 0.336. The third-order valence-electron chi connectivity index (χ3n) is 6.01. The summed E-state index contributed by atoms with van der Waals surface area (Å²) in [5, 5.41) is 4.21. The van der Waals surface area contributed by atoms with E-state index in [0.717, 1.165) is 49.1 Å². The van der Waals surface area contributed by atoms with E-state index >= 15 is 0 Å². The SMILES string of the molecule is O=C(CCCCCn1c(=S)[nH]c2ccc(N3CCOCC3)cc2c1=O)NCc1cccc(Cl)c1. The zero-order chi connectivity index (χ0) is 23.9. The maximum atomic E-state index is 13.2. The number of aromatic nitrogens is 2. The number of morpholine rings is 1. The number of hydrogen-bond acceptors (Lipinski definition) is 5. The summed E-state index contributed by atoms with van der Waals surface area (Å²) in [5.74, 6) is 0.00998. The van der Waals surface area contributed by atoms with Crippen molar-refractivity contribution in [3.05, 3.63) is 68.2 Å². The van der Waals surface area contributed by atoms with Crippen molar-refractivity contribution in [2.45, 2.75) is 38.8 Å². The topological polar surface area (TPSA) is 79.4 Å². The molecule has 0 radical (unpaired) electrons. The lowest BCUT2D eigenvalue weighted by Gasteiger charge is -2.29. The fourth-order valence-corrected chi connectivity index (χ4v) is 4.63. The minimum Gasteiger partial charge on any atom is -0.378 e. The molecule has 2 aromatic carbocycles. The average Bonchev–Trinajstić information content (AvgIpc) is 2.85. The van der Waals surface area contributed by atoms with Gasteiger partial charge in [0.1, 0.15) is 0 Å². The van der Waals surface area contributed by atoms with E-state index in [1.165, 1.54) is 0 Å². The molecular formula is C25H29ClN4O3S. The molecule has 0 atom stereocenters. The van der Waals surface area contributed by atoms with Crippen LogP contribution in [0.3, 0.4) is 0 Å². The van der Waals surface area contributed by atoms with Crippen LogP contribution >= 0.6 is 23.8 Å². The minimum atomic E-state index is -0.0758. The molecule has 0 spiro atoms. The van der Waals surface area contributed by atoms with Crippen LogP contribution in [0.4, 0.5) is 5.69 Å². The first-order chi connectivity index (χ1) is 16.5. The predicted octanol–water partition coefficient (Wildman–Crippen LogP) is 4.43. The number of nitrogens with one attached hydrogen (secondary N) is 2. The number of rotatable bonds is 9. The molecule has 9 heteroatoms. The van der Waals surface area contributed by atoms with Gasteiger partial charge in [0.05, 0.1) is 24.1 Å². The highest BCUT2D eigenvalue weighted by Gasteiger charge is 2.13. The van der Waals surface area contributed by atoms with E-state index in [4.69, 9.17) is 28.6 Å². The number of ether oxygens (including phenoxy) is 1. The average molecular weight is 501 g/mol. The summed E-state index contributed by atoms with van der Waals surface area (Å²) in [7, 11) is 0. The monoisotopic (exact) mass is 500 g/mol. The minimum absolute atomic E-state index is 0.00998. The summed E-state index contributed by atoms with van der Waals surface area (Å²) in [6, 6.07) is 13.3. The van der Waals surface area contributed by atoms with Crippen LogP contribution in [0, 0.1) is 4.77 Å². The second-order valence-corrected chi connectivity index (χ2v) is 9.26. The molecule has 1 amide bonds. The number of hydrogen-bond donors (Lipinski definition) is 2. The molecule has 1 aliphatic heterocycles. The van der Waals surface area contributed by atoms with Crippen LogP contribution in [0.1, 0.15) is 31.2 Å². The van der Waals surface area contributed by atoms with Gasteiger partial charge in [-0.3, -0.25) is 14.2 Å². The Morgan fingerprint density at radius 2 is 1.94 bits per heavy atom. The highest BCUT2D eigenvalue weighted by molar-refractivity contribution is 7.71. The Hall–Kier alpha value is -2.68. The molecule has 7 nitrogen and oxygen atoms in total. The number of fused-ring (bicyclic) bond motifs is 1. The van der Waals surface area contributed by atoms with Crippen molar-refractivity contribution in [1.82, 2.24) is 14.9 Å². The first-order valence-electron chi connectivity index (χ1n) is 11.6. The molecule has 2 heterocycles. The van der Waals surface area contributed by atoms with E-state index < -0.39 is 0 Å². The van der Waals surface area contributed by atoms with Crippen LogP contribution in [0.25, 0.3) is 10.9 Å². The number of benzene rings is 2. The molecule has 0 saturated carbocycles. The van der Waals surface area contributed by atoms with Gasteiger partial charge in [-0.1, -0.05) is 30.2 Å². The first-order valence-corrected chi connectivity index (χ1v) is 12.4. The van der Waals surface area contributed by atoms with Crippen molar-refractivity contribution in [3.8, 4) is 0 Å². The molecule has 4 rings (SSSR count). The number of aromatic amines is 1. The number of nitrogens with zero attached hydrogens (tertiary/aromatic N) is 2. The number of carbonyl (C=O) groups is 1. The van der Waals surface area contributed by atoms with E-state index in [1.807, 2.05) is 42.5 Å². The van der Waals surface area contributed by atoms with Gasteiger partial charge in [-0.25, -0.2) is 0 Å². The standard InChI is InChI=1S/C25H29ClN4O3S/c26-19-6-4-5-18(15-19)17-27-23(31)7-2-1-3-10-30-24(32)21-16-20(29-11-13-33-14-12-29)8-9-22(21)28-25(30)34/h4-6,8-9,15-16H,1-3,7,10-14,17H2,(H,27,31)(H,28,34). The Labute approximate surface area is 208 Å². The van der Waals surface area contributed by atoms with Gasteiger partial charge in [0.2, 0.25) is 5.91 Å². The van der Waals surface area contributed by atoms with Gasteiger partial charge < -0.3 is 19.9 Å². The van der Waals surface area contributed by atoms with Gasteiger partial charge in [-0.05, 0) is 61.0 Å². The molecular weight excluding hydrogens is 472 g/mol. The van der Waals surface area contributed by atoms with Crippen LogP contribution in [0.15, 0.2) is 47.3 Å². The maximum absolute atomic E-state index is 13.2. The molecule has 0 aliphatic carbocycles. The molecule has 1 saturated heterocycles. The number of unbranched alkanes of at least 4 members (excludes halogenated alkanes) is 2. The summed E-state index contributed by atoms with van der Waals surface area (Å²) in [4.78, 5) is 30.7. The molecule has 1 aromatic heterocycles. The van der Waals surface area contributed by atoms with Crippen molar-refractivity contribution >= 4 is 46.3 Å². The Balaban J connectivity index is 1.30. The summed E-state index contributed by atoms with van der Waals surface area (Å²) in [5.41, 5.74) is 2.67. The van der Waals surface area contributed by atoms with Crippen molar-refractivity contribution in [2.24, 2.45) is 0 Å². The van der Waals surface area contributed by atoms with Crippen molar-refractivity contribution < 1.29 is 9.53 Å². The first kappa shape index (κ1) is 24.4. The van der Waals surface area contributed by atoms with Crippen LogP contribution in [-0.2, 0) is 22.6 Å². The summed E-state index contributed by atoms with van der Waals surface area (Å²) >= 11 is 11.4. The van der Waals surface area contributed by atoms with Gasteiger partial charge in [-0.2, -0.15) is 0 Å². The Morgan fingerprint density at radius 1 is 1.12 bits per heavy atom. The molecule has 180 valence electrons. The van der Waals surface area contributed by atoms with Crippen molar-refractivity contribution in [3.63, 3.8) is 0 Å². The second kappa shape index (κ2) is 11.6. The smallest absolute Gasteiger partial charge is 0.262 e. The molecule has 1 aliphatic rings. The molecule has 1 fully saturated rings. The fraction of sp³-hybridized carbons (Fsp3) is 0.400. The maximum Gasteiger partial charge on any atom is 0.262 e. The number of amides is 1. The Morgan fingerprint density at radius 3 is 2.74 bits per heavy atom. The highest BCUT2D eigenvalue weighted by Crippen LogP contribution is 2.20. The molecule has 3 aromatic rings. The molecule has 34 heavy (non-hydrogen) atoms. The Bertz CT molecular complexity index is 1270. The molecule has 0 bridgehead atoms. The van der Waals surface area contributed by atoms with Gasteiger partial charge in [0.15, 0.2) is 4.77 Å². The second-order valence-electron chi connectivity index (χ2n) is 8.43. The van der Waals surface area contributed by atoms with E-state index in [0.29, 0.717) is 47.9 Å². The third-order valence-corrected chi connectivity index (χ3v) is 6.56. The molecule has 2 N–H and O–H groups in total. The number of carbonyl (C=O) groups excluding carboxylic acids is 1. The lowest BCUT2D eigenvalue weighted by atomic mass is 10.1. The largest absolute Gasteiger partial charge is 0.378 e. The third kappa shape index (κ3) is 6.25. The van der Waals surface area contributed by atoms with Gasteiger partial charge in [0, 0.05) is 43.3 Å². The number of halogens is 1. The van der Waals surface area contributed by atoms with Crippen LogP contribution in [0.2, 0.25) is 5.02 Å². The number of H-pyrrole nitrogens is 1. The van der Waals surface area contributed by atoms with E-state index in [-0.39, 0.29) is 11.5 Å². The zero-order valence-corrected chi connectivity index (χ0v) is 20.6.